The van der Waals surface area contributed by atoms with E-state index < -0.39 is 6.04 Å². The van der Waals surface area contributed by atoms with Gasteiger partial charge in [-0.1, -0.05) is 29.3 Å². The van der Waals surface area contributed by atoms with Crippen molar-refractivity contribution in [3.05, 3.63) is 61.6 Å². The first-order valence-corrected chi connectivity index (χ1v) is 9.98. The molecule has 0 spiro atoms. The quantitative estimate of drug-likeness (QED) is 0.558. The standard InChI is InChI=1S/C19H19Cl2IN2O3/c1-12(19(26)23-2)24(10-13-3-4-14(20)9-17(13)21)18(25)11-27-16-7-5-15(22)6-8-16/h3-9,12H,10-11H2,1-2H3,(H,23,26)/t12-/m0/s1. The van der Waals surface area contributed by atoms with Crippen LogP contribution in [0.15, 0.2) is 42.5 Å². The number of halogens is 3. The molecule has 0 aliphatic heterocycles. The van der Waals surface area contributed by atoms with Gasteiger partial charge in [-0.15, -0.1) is 0 Å². The molecule has 1 atom stereocenters. The molecule has 0 aliphatic rings. The van der Waals surface area contributed by atoms with Gasteiger partial charge in [0, 0.05) is 27.2 Å². The zero-order valence-corrected chi connectivity index (χ0v) is 18.5. The highest BCUT2D eigenvalue weighted by atomic mass is 127. The molecule has 0 heterocycles. The van der Waals surface area contributed by atoms with Crippen molar-refractivity contribution in [2.45, 2.75) is 19.5 Å². The van der Waals surface area contributed by atoms with Gasteiger partial charge in [0.1, 0.15) is 11.8 Å². The van der Waals surface area contributed by atoms with Crippen LogP contribution in [-0.4, -0.2) is 36.4 Å². The van der Waals surface area contributed by atoms with Crippen molar-refractivity contribution >= 4 is 57.6 Å². The number of likely N-dealkylation sites (N-methyl/N-ethyl adjacent to an activating group) is 1. The van der Waals surface area contributed by atoms with Gasteiger partial charge >= 0.3 is 0 Å². The third kappa shape index (κ3) is 6.26. The number of rotatable bonds is 7. The Hall–Kier alpha value is -1.51. The van der Waals surface area contributed by atoms with E-state index >= 15 is 0 Å². The molecule has 0 fully saturated rings. The molecule has 1 N–H and O–H groups in total. The van der Waals surface area contributed by atoms with E-state index in [-0.39, 0.29) is 25.0 Å². The summed E-state index contributed by atoms with van der Waals surface area (Å²) in [4.78, 5) is 26.3. The maximum atomic E-state index is 12.8. The lowest BCUT2D eigenvalue weighted by atomic mass is 10.1. The summed E-state index contributed by atoms with van der Waals surface area (Å²) in [7, 11) is 1.53. The first-order chi connectivity index (χ1) is 12.8. The van der Waals surface area contributed by atoms with Crippen LogP contribution in [0.4, 0.5) is 0 Å². The maximum Gasteiger partial charge on any atom is 0.261 e. The minimum absolute atomic E-state index is 0.166. The van der Waals surface area contributed by atoms with Gasteiger partial charge < -0.3 is 15.0 Å². The Bertz CT molecular complexity index is 815. The van der Waals surface area contributed by atoms with Gasteiger partial charge in [-0.05, 0) is 71.5 Å². The van der Waals surface area contributed by atoms with Gasteiger partial charge in [-0.25, -0.2) is 0 Å². The lowest BCUT2D eigenvalue weighted by Crippen LogP contribution is -2.48. The molecule has 144 valence electrons. The normalized spacial score (nSPS) is 11.6. The number of carbonyl (C=O) groups excluding carboxylic acids is 2. The summed E-state index contributed by atoms with van der Waals surface area (Å²) in [5, 5.41) is 3.50. The predicted octanol–water partition coefficient (Wildman–Crippen LogP) is 4.14. The Morgan fingerprint density at radius 3 is 2.44 bits per heavy atom. The lowest BCUT2D eigenvalue weighted by molar-refractivity contribution is -0.142. The van der Waals surface area contributed by atoms with E-state index in [0.29, 0.717) is 21.4 Å². The van der Waals surface area contributed by atoms with Crippen LogP contribution in [0.5, 0.6) is 5.75 Å². The topological polar surface area (TPSA) is 58.6 Å². The SMILES string of the molecule is CNC(=O)[C@H](C)N(Cc1ccc(Cl)cc1Cl)C(=O)COc1ccc(I)cc1. The zero-order valence-electron chi connectivity index (χ0n) is 14.8. The van der Waals surface area contributed by atoms with Crippen molar-refractivity contribution < 1.29 is 14.3 Å². The van der Waals surface area contributed by atoms with Crippen molar-refractivity contribution in [2.75, 3.05) is 13.7 Å². The van der Waals surface area contributed by atoms with Crippen LogP contribution in [0, 0.1) is 3.57 Å². The number of hydrogen-bond acceptors (Lipinski definition) is 3. The molecule has 2 aromatic carbocycles. The molecule has 0 saturated carbocycles. The third-order valence-electron chi connectivity index (χ3n) is 3.95. The van der Waals surface area contributed by atoms with Crippen LogP contribution >= 0.6 is 45.8 Å². The average Bonchev–Trinajstić information content (AvgIpc) is 2.65. The Kier molecular flexibility index (Phi) is 8.19. The van der Waals surface area contributed by atoms with Crippen LogP contribution in [-0.2, 0) is 16.1 Å². The van der Waals surface area contributed by atoms with Gasteiger partial charge in [0.25, 0.3) is 5.91 Å². The molecule has 5 nitrogen and oxygen atoms in total. The van der Waals surface area contributed by atoms with Gasteiger partial charge in [0.05, 0.1) is 0 Å². The van der Waals surface area contributed by atoms with E-state index in [1.807, 2.05) is 12.1 Å². The second-order valence-electron chi connectivity index (χ2n) is 5.79. The monoisotopic (exact) mass is 520 g/mol. The van der Waals surface area contributed by atoms with E-state index in [1.165, 1.54) is 11.9 Å². The number of carbonyl (C=O) groups is 2. The van der Waals surface area contributed by atoms with Crippen LogP contribution in [0.1, 0.15) is 12.5 Å². The van der Waals surface area contributed by atoms with Crippen molar-refractivity contribution in [2.24, 2.45) is 0 Å². The van der Waals surface area contributed by atoms with Crippen molar-refractivity contribution in [1.29, 1.82) is 0 Å². The van der Waals surface area contributed by atoms with Gasteiger partial charge in [0.15, 0.2) is 6.61 Å². The molecular formula is C19H19Cl2IN2O3. The molecule has 2 amide bonds. The largest absolute Gasteiger partial charge is 0.484 e. The highest BCUT2D eigenvalue weighted by Crippen LogP contribution is 2.23. The fraction of sp³-hybridized carbons (Fsp3) is 0.263. The van der Waals surface area contributed by atoms with E-state index in [9.17, 15) is 9.59 Å². The van der Waals surface area contributed by atoms with Crippen molar-refractivity contribution in [1.82, 2.24) is 10.2 Å². The molecule has 2 aromatic rings. The maximum absolute atomic E-state index is 12.8. The fourth-order valence-electron chi connectivity index (χ4n) is 2.38. The second-order valence-corrected chi connectivity index (χ2v) is 7.88. The summed E-state index contributed by atoms with van der Waals surface area (Å²) in [5.41, 5.74) is 0.694. The molecule has 2 rings (SSSR count). The molecule has 0 unspecified atom stereocenters. The Labute approximate surface area is 182 Å². The van der Waals surface area contributed by atoms with Gasteiger partial charge in [0.2, 0.25) is 5.91 Å². The predicted molar refractivity (Wildman–Crippen MR) is 115 cm³/mol. The van der Waals surface area contributed by atoms with Crippen LogP contribution in [0.3, 0.4) is 0 Å². The number of nitrogens with zero attached hydrogens (tertiary/aromatic N) is 1. The van der Waals surface area contributed by atoms with Gasteiger partial charge in [-0.2, -0.15) is 0 Å². The summed E-state index contributed by atoms with van der Waals surface area (Å²) >= 11 is 14.3. The molecule has 8 heteroatoms. The smallest absolute Gasteiger partial charge is 0.261 e. The number of hydrogen-bond donors (Lipinski definition) is 1. The second kappa shape index (κ2) is 10.1. The Morgan fingerprint density at radius 2 is 1.85 bits per heavy atom. The highest BCUT2D eigenvalue weighted by molar-refractivity contribution is 14.1. The van der Waals surface area contributed by atoms with E-state index in [0.717, 1.165) is 3.57 Å². The molecule has 27 heavy (non-hydrogen) atoms. The summed E-state index contributed by atoms with van der Waals surface area (Å²) in [6, 6.07) is 11.7. The third-order valence-corrected chi connectivity index (χ3v) is 5.25. The van der Waals surface area contributed by atoms with Crippen molar-refractivity contribution in [3.63, 3.8) is 0 Å². The summed E-state index contributed by atoms with van der Waals surface area (Å²) in [5.74, 6) is -0.0146. The van der Waals surface area contributed by atoms with Crippen LogP contribution < -0.4 is 10.1 Å². The van der Waals surface area contributed by atoms with Crippen LogP contribution in [0.25, 0.3) is 0 Å². The Morgan fingerprint density at radius 1 is 1.19 bits per heavy atom. The van der Waals surface area contributed by atoms with Crippen LogP contribution in [0.2, 0.25) is 10.0 Å². The number of benzene rings is 2. The first kappa shape index (κ1) is 21.8. The van der Waals surface area contributed by atoms with Gasteiger partial charge in [-0.3, -0.25) is 9.59 Å². The van der Waals surface area contributed by atoms with E-state index in [1.54, 1.807) is 37.3 Å². The first-order valence-electron chi connectivity index (χ1n) is 8.15. The molecule has 0 bridgehead atoms. The summed E-state index contributed by atoms with van der Waals surface area (Å²) in [6.07, 6.45) is 0. The van der Waals surface area contributed by atoms with Crippen molar-refractivity contribution in [3.8, 4) is 5.75 Å². The summed E-state index contributed by atoms with van der Waals surface area (Å²) < 4.78 is 6.64. The fourth-order valence-corrected chi connectivity index (χ4v) is 3.21. The minimum Gasteiger partial charge on any atom is -0.484 e. The summed E-state index contributed by atoms with van der Waals surface area (Å²) in [6.45, 7) is 1.64. The zero-order chi connectivity index (χ0) is 20.0. The highest BCUT2D eigenvalue weighted by Gasteiger charge is 2.26. The molecule has 0 aliphatic carbocycles. The Balaban J connectivity index is 2.16. The minimum atomic E-state index is -0.686. The number of amides is 2. The number of ether oxygens (including phenoxy) is 1. The molecular weight excluding hydrogens is 502 g/mol. The molecule has 0 radical (unpaired) electrons. The van der Waals surface area contributed by atoms with E-state index in [4.69, 9.17) is 27.9 Å². The van der Waals surface area contributed by atoms with E-state index in [2.05, 4.69) is 27.9 Å². The molecule has 0 aromatic heterocycles. The number of nitrogens with one attached hydrogen (secondary N) is 1. The average molecular weight is 521 g/mol. The lowest BCUT2D eigenvalue weighted by Gasteiger charge is -2.28. The molecule has 0 saturated heterocycles.